The Labute approximate surface area is 160 Å². The third-order valence-corrected chi connectivity index (χ3v) is 5.00. The van der Waals surface area contributed by atoms with Crippen molar-refractivity contribution in [3.63, 3.8) is 0 Å². The summed E-state index contributed by atoms with van der Waals surface area (Å²) in [5.74, 6) is -0.453. The maximum atomic E-state index is 15.1. The number of esters is 1. The zero-order chi connectivity index (χ0) is 19.1. The van der Waals surface area contributed by atoms with E-state index in [1.165, 1.54) is 0 Å². The second-order valence-electron chi connectivity index (χ2n) is 7.04. The number of benzene rings is 2. The Morgan fingerprint density at radius 1 is 1.04 bits per heavy atom. The first-order valence-electron chi connectivity index (χ1n) is 9.65. The fourth-order valence-electron chi connectivity index (χ4n) is 3.64. The Morgan fingerprint density at radius 2 is 1.56 bits per heavy atom. The molecule has 0 aliphatic heterocycles. The highest BCUT2D eigenvalue weighted by Gasteiger charge is 2.39. The van der Waals surface area contributed by atoms with E-state index in [0.717, 1.165) is 24.0 Å². The van der Waals surface area contributed by atoms with Gasteiger partial charge in [0, 0.05) is 17.5 Å². The zero-order valence-electron chi connectivity index (χ0n) is 15.7. The highest BCUT2D eigenvalue weighted by atomic mass is 19.1. The molecular formula is C23H26FNO2. The van der Waals surface area contributed by atoms with Crippen molar-refractivity contribution in [1.82, 2.24) is 0 Å². The molecule has 2 aromatic rings. The van der Waals surface area contributed by atoms with Crippen LogP contribution in [0.1, 0.15) is 50.2 Å². The summed E-state index contributed by atoms with van der Waals surface area (Å²) in [6.45, 7) is 2.02. The summed E-state index contributed by atoms with van der Waals surface area (Å²) in [6, 6.07) is 18.6. The van der Waals surface area contributed by atoms with E-state index in [2.05, 4.69) is 0 Å². The molecule has 0 heterocycles. The van der Waals surface area contributed by atoms with Gasteiger partial charge >= 0.3 is 5.97 Å². The maximum Gasteiger partial charge on any atom is 0.330 e. The minimum atomic E-state index is -1.33. The van der Waals surface area contributed by atoms with E-state index in [1.54, 1.807) is 6.92 Å². The number of hydrogen-bond donors (Lipinski definition) is 0. The number of aliphatic imine (C=N–C) groups is 1. The van der Waals surface area contributed by atoms with Gasteiger partial charge in [-0.1, -0.05) is 73.5 Å². The van der Waals surface area contributed by atoms with Gasteiger partial charge in [0.05, 0.1) is 12.3 Å². The summed E-state index contributed by atoms with van der Waals surface area (Å²) in [6.07, 6.45) is 2.78. The zero-order valence-corrected chi connectivity index (χ0v) is 15.7. The van der Waals surface area contributed by atoms with E-state index in [0.29, 0.717) is 18.6 Å². The molecule has 3 rings (SSSR count). The Kier molecular flexibility index (Phi) is 6.38. The van der Waals surface area contributed by atoms with Gasteiger partial charge in [0.15, 0.2) is 6.04 Å². The minimum absolute atomic E-state index is 0.0784. The van der Waals surface area contributed by atoms with Gasteiger partial charge < -0.3 is 4.74 Å². The molecule has 1 saturated carbocycles. The summed E-state index contributed by atoms with van der Waals surface area (Å²) in [5, 5.41) is 0. The minimum Gasteiger partial charge on any atom is -0.464 e. The maximum absolute atomic E-state index is 15.1. The van der Waals surface area contributed by atoms with Gasteiger partial charge in [0.25, 0.3) is 0 Å². The summed E-state index contributed by atoms with van der Waals surface area (Å²) >= 11 is 0. The molecule has 1 unspecified atom stereocenters. The molecule has 1 aliphatic rings. The predicted molar refractivity (Wildman–Crippen MR) is 106 cm³/mol. The highest BCUT2D eigenvalue weighted by Crippen LogP contribution is 2.38. The van der Waals surface area contributed by atoms with Crippen molar-refractivity contribution in [2.24, 2.45) is 4.99 Å². The van der Waals surface area contributed by atoms with Crippen LogP contribution in [0.5, 0.6) is 0 Å². The summed E-state index contributed by atoms with van der Waals surface area (Å²) in [7, 11) is 0. The van der Waals surface area contributed by atoms with E-state index in [9.17, 15) is 4.79 Å². The van der Waals surface area contributed by atoms with Gasteiger partial charge in [-0.05, 0) is 19.8 Å². The Balaban J connectivity index is 2.00. The first-order chi connectivity index (χ1) is 13.1. The Bertz CT molecular complexity index is 726. The average molecular weight is 367 g/mol. The van der Waals surface area contributed by atoms with E-state index in [1.807, 2.05) is 60.7 Å². The third-order valence-electron chi connectivity index (χ3n) is 5.00. The lowest BCUT2D eigenvalue weighted by Gasteiger charge is -2.23. The van der Waals surface area contributed by atoms with Gasteiger partial charge in [0.1, 0.15) is 5.67 Å². The molecule has 2 aromatic carbocycles. The lowest BCUT2D eigenvalue weighted by atomic mass is 9.94. The van der Waals surface area contributed by atoms with Crippen molar-refractivity contribution >= 4 is 11.7 Å². The molecule has 1 atom stereocenters. The molecule has 0 spiro atoms. The van der Waals surface area contributed by atoms with Gasteiger partial charge in [-0.3, -0.25) is 4.99 Å². The van der Waals surface area contributed by atoms with Crippen LogP contribution in [-0.2, 0) is 9.53 Å². The number of rotatable bonds is 7. The standard InChI is InChI=1S/C23H26FNO2/c1-2-27-22(26)20(17-23(24)15-9-10-16-23)25-21(18-11-5-3-6-12-18)19-13-7-4-8-14-19/h3-8,11-14,20H,2,9-10,15-17H2,1H3. The molecule has 3 nitrogen and oxygen atoms in total. The Hall–Kier alpha value is -2.49. The number of halogens is 1. The fourth-order valence-corrected chi connectivity index (χ4v) is 3.64. The molecule has 0 saturated heterocycles. The van der Waals surface area contributed by atoms with Crippen molar-refractivity contribution in [2.45, 2.75) is 50.7 Å². The van der Waals surface area contributed by atoms with Gasteiger partial charge in [-0.25, -0.2) is 9.18 Å². The van der Waals surface area contributed by atoms with Crippen LogP contribution in [0.3, 0.4) is 0 Å². The first-order valence-corrected chi connectivity index (χ1v) is 9.65. The smallest absolute Gasteiger partial charge is 0.330 e. The summed E-state index contributed by atoms with van der Waals surface area (Å²) in [5.41, 5.74) is 1.16. The SMILES string of the molecule is CCOC(=O)C(CC1(F)CCCC1)N=C(c1ccccc1)c1ccccc1. The normalized spacial score (nSPS) is 16.5. The van der Waals surface area contributed by atoms with E-state index >= 15 is 4.39 Å². The molecule has 0 radical (unpaired) electrons. The number of carbonyl (C=O) groups is 1. The van der Waals surface area contributed by atoms with Crippen molar-refractivity contribution < 1.29 is 13.9 Å². The first kappa shape index (κ1) is 19.3. The van der Waals surface area contributed by atoms with E-state index in [4.69, 9.17) is 9.73 Å². The molecule has 1 aliphatic carbocycles. The lowest BCUT2D eigenvalue weighted by Crippen LogP contribution is -2.32. The molecular weight excluding hydrogens is 341 g/mol. The fraction of sp³-hybridized carbons (Fsp3) is 0.391. The molecule has 0 aromatic heterocycles. The molecule has 4 heteroatoms. The van der Waals surface area contributed by atoms with Gasteiger partial charge in [-0.2, -0.15) is 0 Å². The second kappa shape index (κ2) is 8.94. The van der Waals surface area contributed by atoms with Crippen LogP contribution < -0.4 is 0 Å². The summed E-state index contributed by atoms with van der Waals surface area (Å²) < 4.78 is 20.4. The highest BCUT2D eigenvalue weighted by molar-refractivity contribution is 6.13. The van der Waals surface area contributed by atoms with E-state index < -0.39 is 17.7 Å². The van der Waals surface area contributed by atoms with Gasteiger partial charge in [0.2, 0.25) is 0 Å². The molecule has 0 N–H and O–H groups in total. The van der Waals surface area contributed by atoms with Crippen LogP contribution in [0.15, 0.2) is 65.7 Å². The van der Waals surface area contributed by atoms with Crippen molar-refractivity contribution in [2.75, 3.05) is 6.61 Å². The molecule has 142 valence electrons. The quantitative estimate of drug-likeness (QED) is 0.503. The van der Waals surface area contributed by atoms with Crippen molar-refractivity contribution in [1.29, 1.82) is 0 Å². The molecule has 0 bridgehead atoms. The average Bonchev–Trinajstić information content (AvgIpc) is 3.13. The van der Waals surface area contributed by atoms with Crippen molar-refractivity contribution in [3.05, 3.63) is 71.8 Å². The van der Waals surface area contributed by atoms with Crippen LogP contribution in [0.2, 0.25) is 0 Å². The molecule has 0 amide bonds. The lowest BCUT2D eigenvalue weighted by molar-refractivity contribution is -0.145. The predicted octanol–water partition coefficient (Wildman–Crippen LogP) is 5.13. The number of ether oxygens (including phenoxy) is 1. The Morgan fingerprint density at radius 3 is 2.04 bits per heavy atom. The number of alkyl halides is 1. The van der Waals surface area contributed by atoms with Crippen LogP contribution in [0.25, 0.3) is 0 Å². The summed E-state index contributed by atoms with van der Waals surface area (Å²) in [4.78, 5) is 17.3. The third kappa shape index (κ3) is 5.03. The monoisotopic (exact) mass is 367 g/mol. The van der Waals surface area contributed by atoms with Crippen LogP contribution in [0, 0.1) is 0 Å². The van der Waals surface area contributed by atoms with E-state index in [-0.39, 0.29) is 13.0 Å². The molecule has 27 heavy (non-hydrogen) atoms. The van der Waals surface area contributed by atoms with Gasteiger partial charge in [-0.15, -0.1) is 0 Å². The van der Waals surface area contributed by atoms with Crippen LogP contribution in [0.4, 0.5) is 4.39 Å². The second-order valence-corrected chi connectivity index (χ2v) is 7.04. The van der Waals surface area contributed by atoms with Crippen molar-refractivity contribution in [3.8, 4) is 0 Å². The van der Waals surface area contributed by atoms with Crippen LogP contribution >= 0.6 is 0 Å². The number of hydrogen-bond acceptors (Lipinski definition) is 3. The largest absolute Gasteiger partial charge is 0.464 e. The molecule has 1 fully saturated rings. The number of carbonyl (C=O) groups excluding carboxylic acids is 1. The van der Waals surface area contributed by atoms with Crippen LogP contribution in [-0.4, -0.2) is 30.0 Å². The topological polar surface area (TPSA) is 38.7 Å². The number of nitrogens with zero attached hydrogens (tertiary/aromatic N) is 1.